The lowest BCUT2D eigenvalue weighted by atomic mass is 10.0. The zero-order valence-corrected chi connectivity index (χ0v) is 27.9. The summed E-state index contributed by atoms with van der Waals surface area (Å²) in [5, 5.41) is 9.10. The molecule has 0 unspecified atom stereocenters. The lowest BCUT2D eigenvalue weighted by Gasteiger charge is -2.15. The van der Waals surface area contributed by atoms with Gasteiger partial charge in [0.15, 0.2) is 17.5 Å². The summed E-state index contributed by atoms with van der Waals surface area (Å²) in [6.07, 6.45) is 0. The van der Waals surface area contributed by atoms with Crippen molar-refractivity contribution in [2.45, 2.75) is 0 Å². The lowest BCUT2D eigenvalue weighted by Crippen LogP contribution is -2.03. The number of furan rings is 1. The number of aromatic nitrogens is 4. The monoisotopic (exact) mass is 664 g/mol. The van der Waals surface area contributed by atoms with Crippen LogP contribution < -0.4 is 0 Å². The molecule has 0 bridgehead atoms. The number of hydrogen-bond donors (Lipinski definition) is 0. The molecule has 3 aromatic heterocycles. The van der Waals surface area contributed by atoms with Crippen molar-refractivity contribution in [3.8, 4) is 39.9 Å². The van der Waals surface area contributed by atoms with E-state index in [9.17, 15) is 0 Å². The summed E-state index contributed by atoms with van der Waals surface area (Å²) in [6, 6.07) is 59.2. The summed E-state index contributed by atoms with van der Waals surface area (Å²) in [7, 11) is 0. The minimum absolute atomic E-state index is 0.589. The number of fused-ring (bicyclic) bond motifs is 8. The van der Waals surface area contributed by atoms with E-state index in [1.54, 1.807) is 0 Å². The molecule has 5 nitrogen and oxygen atoms in total. The summed E-state index contributed by atoms with van der Waals surface area (Å²) in [4.78, 5) is 15.5. The van der Waals surface area contributed by atoms with Crippen molar-refractivity contribution >= 4 is 65.3 Å². The largest absolute Gasteiger partial charge is 0.456 e. The Morgan fingerprint density at radius 1 is 0.365 bits per heavy atom. The van der Waals surface area contributed by atoms with Gasteiger partial charge >= 0.3 is 0 Å². The molecule has 0 aliphatic heterocycles. The van der Waals surface area contributed by atoms with Crippen LogP contribution >= 0.6 is 0 Å². The number of nitrogens with zero attached hydrogens (tertiary/aromatic N) is 4. The average Bonchev–Trinajstić information content (AvgIpc) is 3.72. The Balaban J connectivity index is 1.29. The molecule has 0 aliphatic rings. The zero-order valence-electron chi connectivity index (χ0n) is 27.9. The second kappa shape index (κ2) is 11.2. The van der Waals surface area contributed by atoms with Crippen LogP contribution in [-0.2, 0) is 0 Å². The van der Waals surface area contributed by atoms with Gasteiger partial charge in [-0.25, -0.2) is 15.0 Å². The van der Waals surface area contributed by atoms with Crippen molar-refractivity contribution in [3.05, 3.63) is 170 Å². The van der Waals surface area contributed by atoms with Crippen molar-refractivity contribution in [2.24, 2.45) is 0 Å². The van der Waals surface area contributed by atoms with Crippen LogP contribution in [-0.4, -0.2) is 19.5 Å². The van der Waals surface area contributed by atoms with Crippen LogP contribution in [0.4, 0.5) is 0 Å². The van der Waals surface area contributed by atoms with Gasteiger partial charge in [0, 0.05) is 44.3 Å². The molecule has 3 heterocycles. The van der Waals surface area contributed by atoms with Gasteiger partial charge in [-0.2, -0.15) is 0 Å². The summed E-state index contributed by atoms with van der Waals surface area (Å²) in [5.41, 5.74) is 7.51. The number of rotatable bonds is 4. The Bertz CT molecular complexity index is 3120. The van der Waals surface area contributed by atoms with Crippen LogP contribution in [0.15, 0.2) is 174 Å². The van der Waals surface area contributed by atoms with E-state index in [-0.39, 0.29) is 0 Å². The Morgan fingerprint density at radius 2 is 0.865 bits per heavy atom. The Hall–Kier alpha value is -7.11. The fraction of sp³-hybridized carbons (Fsp3) is 0. The molecule has 11 rings (SSSR count). The highest BCUT2D eigenvalue weighted by molar-refractivity contribution is 6.15. The molecule has 242 valence electrons. The smallest absolute Gasteiger partial charge is 0.166 e. The maximum absolute atomic E-state index is 6.70. The molecular formula is C47H28N4O. The maximum atomic E-state index is 6.70. The normalized spacial score (nSPS) is 11.8. The topological polar surface area (TPSA) is 56.7 Å². The Kier molecular flexibility index (Phi) is 6.18. The van der Waals surface area contributed by atoms with Gasteiger partial charge in [0.1, 0.15) is 11.2 Å². The highest BCUT2D eigenvalue weighted by Gasteiger charge is 2.22. The van der Waals surface area contributed by atoms with Crippen LogP contribution in [0, 0.1) is 0 Å². The van der Waals surface area contributed by atoms with E-state index < -0.39 is 0 Å². The van der Waals surface area contributed by atoms with E-state index in [4.69, 9.17) is 19.4 Å². The van der Waals surface area contributed by atoms with Crippen molar-refractivity contribution in [2.75, 3.05) is 0 Å². The predicted octanol–water partition coefficient (Wildman–Crippen LogP) is 12.2. The molecule has 52 heavy (non-hydrogen) atoms. The van der Waals surface area contributed by atoms with Crippen LogP contribution in [0.1, 0.15) is 0 Å². The van der Waals surface area contributed by atoms with E-state index in [2.05, 4.69) is 114 Å². The first-order valence-electron chi connectivity index (χ1n) is 17.4. The second-order valence-electron chi connectivity index (χ2n) is 13.3. The number of hydrogen-bond acceptors (Lipinski definition) is 4. The molecule has 0 atom stereocenters. The first-order valence-corrected chi connectivity index (χ1v) is 17.4. The highest BCUT2D eigenvalue weighted by atomic mass is 16.3. The standard InChI is InChI=1S/C47H28N4O/c1-3-13-29(14-4-1)45-48-46(30-15-5-2-6-16-30)50-47(49-45)39-27-38-37-24-32-18-8-10-20-34(32)26-43(37)52-44(38)28-42(39)51-40-22-12-11-21-35(40)36-23-31-17-7-9-19-33(31)25-41(36)51/h1-28H. The first-order chi connectivity index (χ1) is 25.7. The summed E-state index contributed by atoms with van der Waals surface area (Å²) >= 11 is 0. The molecule has 0 fully saturated rings. The summed E-state index contributed by atoms with van der Waals surface area (Å²) < 4.78 is 9.06. The zero-order chi connectivity index (χ0) is 34.2. The summed E-state index contributed by atoms with van der Waals surface area (Å²) in [5.74, 6) is 1.82. The molecule has 0 N–H and O–H groups in total. The molecule has 11 aromatic rings. The van der Waals surface area contributed by atoms with Gasteiger partial charge in [-0.3, -0.25) is 0 Å². The van der Waals surface area contributed by atoms with Gasteiger partial charge in [-0.15, -0.1) is 0 Å². The molecule has 0 spiro atoms. The summed E-state index contributed by atoms with van der Waals surface area (Å²) in [6.45, 7) is 0. The van der Waals surface area contributed by atoms with E-state index in [0.29, 0.717) is 17.5 Å². The van der Waals surface area contributed by atoms with E-state index >= 15 is 0 Å². The fourth-order valence-electron chi connectivity index (χ4n) is 7.70. The van der Waals surface area contributed by atoms with Crippen molar-refractivity contribution in [1.29, 1.82) is 0 Å². The first kappa shape index (κ1) is 28.7. The quantitative estimate of drug-likeness (QED) is 0.188. The average molecular weight is 665 g/mol. The van der Waals surface area contributed by atoms with Gasteiger partial charge in [-0.05, 0) is 57.9 Å². The number of benzene rings is 8. The fourth-order valence-corrected chi connectivity index (χ4v) is 7.70. The lowest BCUT2D eigenvalue weighted by molar-refractivity contribution is 0.669. The SMILES string of the molecule is c1ccc(-c2nc(-c3ccccc3)nc(-c3cc4c(cc3-n3c5ccccc5c5cc6ccccc6cc53)oc3cc5ccccc5cc34)n2)cc1. The van der Waals surface area contributed by atoms with Gasteiger partial charge in [0.05, 0.1) is 16.7 Å². The van der Waals surface area contributed by atoms with E-state index in [1.807, 2.05) is 60.7 Å². The number of para-hydroxylation sites is 1. The van der Waals surface area contributed by atoms with Gasteiger partial charge < -0.3 is 8.98 Å². The highest BCUT2D eigenvalue weighted by Crippen LogP contribution is 2.42. The van der Waals surface area contributed by atoms with Crippen LogP contribution in [0.2, 0.25) is 0 Å². The third-order valence-corrected chi connectivity index (χ3v) is 10.2. The maximum Gasteiger partial charge on any atom is 0.166 e. The molecule has 0 amide bonds. The molecule has 5 heteroatoms. The molecular weight excluding hydrogens is 637 g/mol. The second-order valence-corrected chi connectivity index (χ2v) is 13.3. The molecule has 0 aliphatic carbocycles. The third-order valence-electron chi connectivity index (χ3n) is 10.2. The van der Waals surface area contributed by atoms with Crippen molar-refractivity contribution in [1.82, 2.24) is 19.5 Å². The van der Waals surface area contributed by atoms with Crippen molar-refractivity contribution < 1.29 is 4.42 Å². The van der Waals surface area contributed by atoms with Gasteiger partial charge in [0.25, 0.3) is 0 Å². The van der Waals surface area contributed by atoms with Crippen LogP contribution in [0.3, 0.4) is 0 Å². The minimum atomic E-state index is 0.589. The Labute approximate surface area is 298 Å². The van der Waals surface area contributed by atoms with Crippen LogP contribution in [0.25, 0.3) is 105 Å². The minimum Gasteiger partial charge on any atom is -0.456 e. The Morgan fingerprint density at radius 3 is 1.54 bits per heavy atom. The van der Waals surface area contributed by atoms with Crippen molar-refractivity contribution in [3.63, 3.8) is 0 Å². The van der Waals surface area contributed by atoms with Crippen LogP contribution in [0.5, 0.6) is 0 Å². The van der Waals surface area contributed by atoms with E-state index in [0.717, 1.165) is 66.1 Å². The molecule has 0 saturated carbocycles. The predicted molar refractivity (Wildman–Crippen MR) is 213 cm³/mol. The van der Waals surface area contributed by atoms with Gasteiger partial charge in [0.2, 0.25) is 0 Å². The van der Waals surface area contributed by atoms with E-state index in [1.165, 1.54) is 21.5 Å². The molecule has 0 radical (unpaired) electrons. The molecule has 8 aromatic carbocycles. The third kappa shape index (κ3) is 4.46. The molecule has 0 saturated heterocycles. The van der Waals surface area contributed by atoms with Gasteiger partial charge in [-0.1, -0.05) is 127 Å².